The van der Waals surface area contributed by atoms with Crippen molar-refractivity contribution in [2.75, 3.05) is 0 Å². The molecule has 2 rings (SSSR count). The molecule has 0 atom stereocenters. The first-order valence-electron chi connectivity index (χ1n) is 6.09. The maximum absolute atomic E-state index is 10.8. The highest BCUT2D eigenvalue weighted by Crippen LogP contribution is 2.30. The summed E-state index contributed by atoms with van der Waals surface area (Å²) in [6.07, 6.45) is 6.00. The summed E-state index contributed by atoms with van der Waals surface area (Å²) in [5.41, 5.74) is 0.765. The van der Waals surface area contributed by atoms with Gasteiger partial charge in [0.1, 0.15) is 5.75 Å². The highest BCUT2D eigenvalue weighted by Gasteiger charge is 2.19. The van der Waals surface area contributed by atoms with Crippen LogP contribution in [0.15, 0.2) is 18.2 Å². The highest BCUT2D eigenvalue weighted by molar-refractivity contribution is 5.48. The SMILES string of the molecule is Cc1c(OC2CCCCC2)cccc1[N+](=O)[O-]. The van der Waals surface area contributed by atoms with Crippen molar-refractivity contribution in [2.45, 2.75) is 45.1 Å². The van der Waals surface area contributed by atoms with E-state index in [4.69, 9.17) is 4.74 Å². The number of hydrogen-bond donors (Lipinski definition) is 0. The Morgan fingerprint density at radius 3 is 2.65 bits per heavy atom. The number of rotatable bonds is 3. The van der Waals surface area contributed by atoms with Gasteiger partial charge in [0.2, 0.25) is 0 Å². The Kier molecular flexibility index (Phi) is 3.61. The van der Waals surface area contributed by atoms with E-state index >= 15 is 0 Å². The summed E-state index contributed by atoms with van der Waals surface area (Å²) in [4.78, 5) is 10.5. The number of hydrogen-bond acceptors (Lipinski definition) is 3. The molecule has 92 valence electrons. The van der Waals surface area contributed by atoms with Gasteiger partial charge in [0.15, 0.2) is 0 Å². The van der Waals surface area contributed by atoms with Crippen molar-refractivity contribution in [3.05, 3.63) is 33.9 Å². The Hall–Kier alpha value is -1.58. The van der Waals surface area contributed by atoms with Crippen LogP contribution < -0.4 is 4.74 Å². The molecule has 4 heteroatoms. The third-order valence-electron chi connectivity index (χ3n) is 3.30. The second-order valence-corrected chi connectivity index (χ2v) is 4.54. The lowest BCUT2D eigenvalue weighted by molar-refractivity contribution is -0.385. The lowest BCUT2D eigenvalue weighted by atomic mass is 9.97. The fraction of sp³-hybridized carbons (Fsp3) is 0.538. The van der Waals surface area contributed by atoms with E-state index in [2.05, 4.69) is 0 Å². The van der Waals surface area contributed by atoms with Gasteiger partial charge in [-0.2, -0.15) is 0 Å². The molecule has 0 spiro atoms. The van der Waals surface area contributed by atoms with E-state index in [1.54, 1.807) is 13.0 Å². The number of ether oxygens (including phenoxy) is 1. The fourth-order valence-corrected chi connectivity index (χ4v) is 2.29. The molecule has 0 saturated heterocycles. The van der Waals surface area contributed by atoms with Crippen molar-refractivity contribution in [3.8, 4) is 5.75 Å². The van der Waals surface area contributed by atoms with E-state index in [0.29, 0.717) is 11.3 Å². The molecule has 0 aliphatic heterocycles. The van der Waals surface area contributed by atoms with Gasteiger partial charge in [-0.15, -0.1) is 0 Å². The summed E-state index contributed by atoms with van der Waals surface area (Å²) in [6.45, 7) is 1.75. The molecule has 1 aliphatic carbocycles. The molecule has 17 heavy (non-hydrogen) atoms. The zero-order valence-corrected chi connectivity index (χ0v) is 10.0. The molecule has 0 unspecified atom stereocenters. The van der Waals surface area contributed by atoms with E-state index in [1.807, 2.05) is 6.07 Å². The predicted octanol–water partition coefficient (Wildman–Crippen LogP) is 3.61. The molecule has 0 amide bonds. The van der Waals surface area contributed by atoms with Gasteiger partial charge in [-0.05, 0) is 38.7 Å². The van der Waals surface area contributed by atoms with Crippen LogP contribution in [0.5, 0.6) is 5.75 Å². The quantitative estimate of drug-likeness (QED) is 0.594. The molecule has 0 aromatic heterocycles. The summed E-state index contributed by atoms with van der Waals surface area (Å²) in [5.74, 6) is 0.658. The van der Waals surface area contributed by atoms with Crippen molar-refractivity contribution in [1.82, 2.24) is 0 Å². The summed E-state index contributed by atoms with van der Waals surface area (Å²) in [7, 11) is 0. The van der Waals surface area contributed by atoms with E-state index in [-0.39, 0.29) is 16.7 Å². The van der Waals surface area contributed by atoms with Crippen molar-refractivity contribution in [1.29, 1.82) is 0 Å². The normalized spacial score (nSPS) is 16.8. The molecule has 0 N–H and O–H groups in total. The highest BCUT2D eigenvalue weighted by atomic mass is 16.6. The molecule has 1 aromatic carbocycles. The van der Waals surface area contributed by atoms with Crippen LogP contribution in [0.3, 0.4) is 0 Å². The Labute approximate surface area is 101 Å². The zero-order chi connectivity index (χ0) is 12.3. The molecule has 4 nitrogen and oxygen atoms in total. The van der Waals surface area contributed by atoms with Crippen LogP contribution in [0, 0.1) is 17.0 Å². The van der Waals surface area contributed by atoms with E-state index < -0.39 is 0 Å². The monoisotopic (exact) mass is 235 g/mol. The molecule has 1 fully saturated rings. The minimum atomic E-state index is -0.358. The van der Waals surface area contributed by atoms with Crippen LogP contribution in [-0.2, 0) is 0 Å². The number of nitrogens with zero attached hydrogens (tertiary/aromatic N) is 1. The first-order chi connectivity index (χ1) is 8.18. The van der Waals surface area contributed by atoms with Crippen LogP contribution in [0.4, 0.5) is 5.69 Å². The second kappa shape index (κ2) is 5.17. The molecular formula is C13H17NO3. The van der Waals surface area contributed by atoms with Gasteiger partial charge < -0.3 is 4.74 Å². The van der Waals surface area contributed by atoms with Gasteiger partial charge >= 0.3 is 0 Å². The maximum atomic E-state index is 10.8. The van der Waals surface area contributed by atoms with Crippen molar-refractivity contribution in [3.63, 3.8) is 0 Å². The third kappa shape index (κ3) is 2.75. The second-order valence-electron chi connectivity index (χ2n) is 4.54. The Morgan fingerprint density at radius 2 is 2.00 bits per heavy atom. The largest absolute Gasteiger partial charge is 0.490 e. The fourth-order valence-electron chi connectivity index (χ4n) is 2.29. The Bertz CT molecular complexity index is 411. The van der Waals surface area contributed by atoms with Crippen LogP contribution in [-0.4, -0.2) is 11.0 Å². The lowest BCUT2D eigenvalue weighted by Crippen LogP contribution is -2.20. The van der Waals surface area contributed by atoms with Crippen LogP contribution in [0.2, 0.25) is 0 Å². The van der Waals surface area contributed by atoms with Crippen LogP contribution in [0.1, 0.15) is 37.7 Å². The number of benzene rings is 1. The van der Waals surface area contributed by atoms with Crippen LogP contribution >= 0.6 is 0 Å². The van der Waals surface area contributed by atoms with Crippen molar-refractivity contribution in [2.24, 2.45) is 0 Å². The zero-order valence-electron chi connectivity index (χ0n) is 10.0. The average Bonchev–Trinajstić information content (AvgIpc) is 2.33. The van der Waals surface area contributed by atoms with E-state index in [9.17, 15) is 10.1 Å². The smallest absolute Gasteiger partial charge is 0.276 e. The molecule has 1 aromatic rings. The molecule has 0 heterocycles. The van der Waals surface area contributed by atoms with Gasteiger partial charge in [-0.25, -0.2) is 0 Å². The van der Waals surface area contributed by atoms with Gasteiger partial charge in [0.05, 0.1) is 16.6 Å². The molecule has 0 bridgehead atoms. The first-order valence-corrected chi connectivity index (χ1v) is 6.09. The third-order valence-corrected chi connectivity index (χ3v) is 3.30. The molecule has 1 saturated carbocycles. The summed E-state index contributed by atoms with van der Waals surface area (Å²) in [6, 6.07) is 5.02. The number of nitro benzene ring substituents is 1. The maximum Gasteiger partial charge on any atom is 0.276 e. The van der Waals surface area contributed by atoms with Gasteiger partial charge in [0.25, 0.3) is 5.69 Å². The molecular weight excluding hydrogens is 218 g/mol. The predicted molar refractivity (Wildman–Crippen MR) is 65.3 cm³/mol. The van der Waals surface area contributed by atoms with E-state index in [0.717, 1.165) is 12.8 Å². The van der Waals surface area contributed by atoms with E-state index in [1.165, 1.54) is 25.3 Å². The standard InChI is InChI=1S/C13H17NO3/c1-10-12(14(15)16)8-5-9-13(10)17-11-6-3-2-4-7-11/h5,8-9,11H,2-4,6-7H2,1H3. The number of nitro groups is 1. The average molecular weight is 235 g/mol. The van der Waals surface area contributed by atoms with Gasteiger partial charge in [0, 0.05) is 6.07 Å². The van der Waals surface area contributed by atoms with Crippen LogP contribution in [0.25, 0.3) is 0 Å². The summed E-state index contributed by atoms with van der Waals surface area (Å²) < 4.78 is 5.87. The van der Waals surface area contributed by atoms with Crippen molar-refractivity contribution >= 4 is 5.69 Å². The summed E-state index contributed by atoms with van der Waals surface area (Å²) >= 11 is 0. The lowest BCUT2D eigenvalue weighted by Gasteiger charge is -2.23. The van der Waals surface area contributed by atoms with Crippen molar-refractivity contribution < 1.29 is 9.66 Å². The molecule has 1 aliphatic rings. The Balaban J connectivity index is 2.15. The Morgan fingerprint density at radius 1 is 1.29 bits per heavy atom. The molecule has 0 radical (unpaired) electrons. The summed E-state index contributed by atoms with van der Waals surface area (Å²) in [5, 5.41) is 10.8. The van der Waals surface area contributed by atoms with Gasteiger partial charge in [-0.1, -0.05) is 12.5 Å². The topological polar surface area (TPSA) is 52.4 Å². The van der Waals surface area contributed by atoms with Gasteiger partial charge in [-0.3, -0.25) is 10.1 Å². The minimum Gasteiger partial charge on any atom is -0.490 e. The first kappa shape index (κ1) is 11.9. The minimum absolute atomic E-state index is 0.137.